The largest absolute Gasteiger partial charge is 0.508 e. The summed E-state index contributed by atoms with van der Waals surface area (Å²) >= 11 is 0. The average Bonchev–Trinajstić information content (AvgIpc) is 1.70. The lowest BCUT2D eigenvalue weighted by atomic mass is 9.90. The van der Waals surface area contributed by atoms with Crippen molar-refractivity contribution in [2.24, 2.45) is 30.9 Å². The zero-order valence-corrected chi connectivity index (χ0v) is 75.5. The van der Waals surface area contributed by atoms with E-state index >= 15 is 0 Å². The first-order valence-electron chi connectivity index (χ1n) is 43.1. The quantitative estimate of drug-likeness (QED) is 0.0156. The van der Waals surface area contributed by atoms with E-state index in [1.54, 1.807) is 26.6 Å². The van der Waals surface area contributed by atoms with Crippen molar-refractivity contribution in [2.45, 2.75) is 167 Å². The number of carboxylic acid groups (broad SMARTS) is 1. The number of nitrogens with one attached hydrogen (secondary N) is 1. The first-order chi connectivity index (χ1) is 63.9. The number of likely N-dealkylation sites (tertiary alicyclic amines) is 4. The molecule has 3 aromatic heterocycles. The molecule has 6 aliphatic heterocycles. The van der Waals surface area contributed by atoms with E-state index in [1.807, 2.05) is 46.4 Å². The number of carbonyl (C=O) groups is 3. The number of aliphatic hydroxyl groups is 1. The molecule has 2 amide bonds. The van der Waals surface area contributed by atoms with Crippen molar-refractivity contribution in [1.82, 2.24) is 54.6 Å². The fraction of sp³-hybridized carbons (Fsp3) is 0.446. The van der Waals surface area contributed by atoms with Gasteiger partial charge >= 0.3 is 18.2 Å². The second-order valence-electron chi connectivity index (χ2n) is 33.7. The maximum absolute atomic E-state index is 13.3. The third kappa shape index (κ3) is 38.5. The van der Waals surface area contributed by atoms with Crippen molar-refractivity contribution >= 4 is 30.1 Å². The predicted molar refractivity (Wildman–Crippen MR) is 468 cm³/mol. The molecule has 0 aliphatic carbocycles. The van der Waals surface area contributed by atoms with Gasteiger partial charge in [-0.1, -0.05) is 5.16 Å². The third-order valence-electron chi connectivity index (χ3n) is 20.5. The van der Waals surface area contributed by atoms with Crippen molar-refractivity contribution in [3.8, 4) is 46.5 Å². The summed E-state index contributed by atoms with van der Waals surface area (Å²) < 4.78 is 195. The summed E-state index contributed by atoms with van der Waals surface area (Å²) in [7, 11) is 2.94. The summed E-state index contributed by atoms with van der Waals surface area (Å²) in [6.45, 7) is 18.8. The Hall–Kier alpha value is -13.5. The summed E-state index contributed by atoms with van der Waals surface area (Å²) in [4.78, 5) is 68.9. The molecule has 135 heavy (non-hydrogen) atoms. The molecule has 31 nitrogen and oxygen atoms in total. The predicted octanol–water partition coefficient (Wildman–Crippen LogP) is 14.7. The molecule has 732 valence electrons. The highest BCUT2D eigenvalue weighted by Gasteiger charge is 2.31. The van der Waals surface area contributed by atoms with Crippen LogP contribution in [0.25, 0.3) is 11.6 Å². The Balaban J connectivity index is 0.000000194. The number of amides is 2. The van der Waals surface area contributed by atoms with E-state index in [0.717, 1.165) is 104 Å². The maximum Gasteiger partial charge on any atom is 0.410 e. The number of aromatic nitrogens is 6. The minimum atomic E-state index is -1.14. The molecule has 15 rings (SSSR count). The minimum absolute atomic E-state index is 0.0625. The van der Waals surface area contributed by atoms with Gasteiger partial charge in [-0.2, -0.15) is 20.4 Å². The van der Waals surface area contributed by atoms with Crippen molar-refractivity contribution in [3.63, 3.8) is 0 Å². The van der Waals surface area contributed by atoms with Crippen LogP contribution in [0.2, 0.25) is 0 Å². The highest BCUT2D eigenvalue weighted by atomic mass is 19.2. The number of carboxylic acids is 1. The number of aliphatic hydroxyl groups excluding tert-OH is 1. The lowest BCUT2D eigenvalue weighted by Crippen LogP contribution is -2.44. The number of piperidine rings is 6. The second kappa shape index (κ2) is 51.6. The number of phenolic OH excluding ortho intramolecular Hbond substituents is 1. The number of hydrogen-bond donors (Lipinski definition) is 6. The van der Waals surface area contributed by atoms with Crippen LogP contribution in [0.4, 0.5) is 68.2 Å². The normalized spacial score (nSPS) is 15.8. The van der Waals surface area contributed by atoms with Gasteiger partial charge in [0.15, 0.2) is 11.9 Å². The van der Waals surface area contributed by atoms with Crippen LogP contribution in [0.15, 0.2) is 153 Å². The van der Waals surface area contributed by atoms with Crippen LogP contribution in [0, 0.1) is 87.2 Å². The number of phenols is 1. The zero-order chi connectivity index (χ0) is 98.8. The van der Waals surface area contributed by atoms with E-state index in [9.17, 15) is 81.8 Å². The number of carbonyl (C=O) groups excluding carboxylic acids is 2. The van der Waals surface area contributed by atoms with E-state index in [1.165, 1.54) is 78.5 Å². The molecular weight excluding hydrogens is 1800 g/mol. The Morgan fingerprint density at radius 1 is 0.489 bits per heavy atom. The SMILES string of the molecule is CC(C)(C)OC(=O)N1CCC(O)CC1.CC(C)(C)OC(=O)N1CCC(Oc2cc(F)cc(F)c2)CC1.Cn1nc(-c2nc(N3CCC(Oc4cc(F)cc(F)c4)CC3)no2)ccc1=O.Cn1nc(C(=O)O)ccc1=O.Fc1cc(F)cc(OC2CCNCC2)c1.N#CN1CCC(Oc2cc(F)cc(F)c2)CC1.NC(=NO)N1CCC(Cc2cc(F)cc(F)c2)CC1.Oc1cc(F)cc(F)c1. The number of anilines is 1. The van der Waals surface area contributed by atoms with Crippen molar-refractivity contribution < 1.29 is 121 Å². The molecule has 7 N–H and O–H groups in total. The summed E-state index contributed by atoms with van der Waals surface area (Å²) in [5.74, 6) is -7.34. The number of ether oxygens (including phenoxy) is 6. The van der Waals surface area contributed by atoms with Gasteiger partial charge in [0.25, 0.3) is 23.0 Å². The highest BCUT2D eigenvalue weighted by Crippen LogP contribution is 2.30. The number of aromatic carboxylic acids is 1. The fourth-order valence-corrected chi connectivity index (χ4v) is 13.9. The smallest absolute Gasteiger partial charge is 0.410 e. The first-order valence-corrected chi connectivity index (χ1v) is 43.1. The Bertz CT molecular complexity index is 5380. The number of guanidine groups is 1. The van der Waals surface area contributed by atoms with Gasteiger partial charge in [0.1, 0.15) is 140 Å². The van der Waals surface area contributed by atoms with Crippen LogP contribution >= 0.6 is 0 Å². The summed E-state index contributed by atoms with van der Waals surface area (Å²) in [5, 5.41) is 61.2. The molecule has 9 aromatic rings. The lowest BCUT2D eigenvalue weighted by Gasteiger charge is -2.33. The maximum atomic E-state index is 13.3. The van der Waals surface area contributed by atoms with Gasteiger partial charge in [-0.25, -0.2) is 76.4 Å². The van der Waals surface area contributed by atoms with E-state index in [-0.39, 0.29) is 94.4 Å². The number of aromatic hydroxyl groups is 1. The Morgan fingerprint density at radius 3 is 1.20 bits per heavy atom. The molecule has 6 aliphatic rings. The number of nitrogens with two attached hydrogens (primary N) is 1. The van der Waals surface area contributed by atoms with E-state index in [4.69, 9.17) is 59.4 Å². The van der Waals surface area contributed by atoms with E-state index in [0.29, 0.717) is 152 Å². The Labute approximate surface area is 770 Å². The molecule has 0 spiro atoms. The third-order valence-corrected chi connectivity index (χ3v) is 20.5. The van der Waals surface area contributed by atoms with Crippen LogP contribution in [0.5, 0.6) is 28.7 Å². The lowest BCUT2D eigenvalue weighted by molar-refractivity contribution is 0.00956. The van der Waals surface area contributed by atoms with E-state index in [2.05, 4.69) is 37.0 Å². The van der Waals surface area contributed by atoms with Gasteiger partial charge in [0.05, 0.1) is 6.10 Å². The molecule has 6 aromatic carbocycles. The minimum Gasteiger partial charge on any atom is -0.508 e. The number of nitriles is 1. The van der Waals surface area contributed by atoms with Gasteiger partial charge in [-0.05, 0) is 140 Å². The standard InChI is InChI=1S/C18H17F2N5O3.C16H21F2NO3.C13H17F2N3O.C12H12F2N2O.C11H13F2NO.C10H19NO3.C6H4F2O.C6H6N2O3/c1-24-16(26)3-2-15(22-24)17-21-18(23-28-17)25-6-4-13(5-7-25)27-14-9-11(19)8-12(20)10-14;1-16(2,3)22-15(20)19-6-4-13(5-7-19)21-14-9-11(17)8-12(18)10-14;14-11-6-10(7-12(15)8-11)5-9-1-3-18(4-2-9)13(16)17-19;13-9-5-10(14)7-12(6-9)17-11-1-3-16(8-15)4-2-11;12-8-5-9(13)7-11(6-8)15-10-1-3-14-4-2-10;1-10(2,3)14-9(13)11-6-4-8(12)5-7-11;7-4-1-5(8)3-6(9)2-4;1-8-5(9)3-2-4(7-8)6(10)11/h2-3,8-10,13H,4-7H2,1H3;8-10,13H,4-7H2,1-3H3;6-9,19H,1-5H2,(H2,16,17);5-7,11H,1-4H2;5-7,10,14H,1-4H2;8,12H,4-7H2,1-3H3;1-3,9H;2-3H,1H3,(H,10,11). The molecule has 9 heterocycles. The summed E-state index contributed by atoms with van der Waals surface area (Å²) in [5.41, 5.74) is 4.95. The van der Waals surface area contributed by atoms with Crippen molar-refractivity contribution in [3.05, 3.63) is 235 Å². The van der Waals surface area contributed by atoms with Crippen LogP contribution in [0.1, 0.15) is 135 Å². The van der Waals surface area contributed by atoms with Crippen LogP contribution in [-0.2, 0) is 30.0 Å². The Kier molecular flexibility index (Phi) is 40.9. The van der Waals surface area contributed by atoms with Gasteiger partial charge < -0.3 is 89.0 Å². The average molecular weight is 1910 g/mol. The topological polar surface area (TPSA) is 387 Å². The van der Waals surface area contributed by atoms with Gasteiger partial charge in [0, 0.05) is 227 Å². The summed E-state index contributed by atoms with van der Waals surface area (Å²) in [6.07, 6.45) is 10.1. The van der Waals surface area contributed by atoms with Crippen molar-refractivity contribution in [1.29, 1.82) is 5.26 Å². The number of nitrogens with zero attached hydrogens (tertiary/aromatic N) is 13. The number of halogens is 12. The summed E-state index contributed by atoms with van der Waals surface area (Å²) in [6, 6.07) is 23.9. The van der Waals surface area contributed by atoms with Gasteiger partial charge in [0.2, 0.25) is 5.96 Å². The van der Waals surface area contributed by atoms with Crippen LogP contribution in [-0.4, -0.2) is 214 Å². The number of rotatable bonds is 13. The van der Waals surface area contributed by atoms with Crippen LogP contribution < -0.4 is 46.0 Å². The van der Waals surface area contributed by atoms with Crippen LogP contribution in [0.3, 0.4) is 0 Å². The molecule has 0 saturated carbocycles. The first kappa shape index (κ1) is 107. The van der Waals surface area contributed by atoms with Gasteiger partial charge in [-0.3, -0.25) is 9.59 Å². The monoisotopic (exact) mass is 1910 g/mol. The second-order valence-corrected chi connectivity index (χ2v) is 33.7. The molecule has 0 bridgehead atoms. The number of aryl methyl sites for hydroxylation is 2. The molecule has 6 saturated heterocycles. The molecule has 0 atom stereocenters. The fourth-order valence-electron chi connectivity index (χ4n) is 13.9. The highest BCUT2D eigenvalue weighted by molar-refractivity contribution is 5.84. The number of hydrogen-bond acceptors (Lipinski definition) is 24. The molecule has 43 heteroatoms. The molecule has 0 unspecified atom stereocenters. The number of benzene rings is 6. The van der Waals surface area contributed by atoms with Gasteiger partial charge in [-0.15, -0.1) is 0 Å². The van der Waals surface area contributed by atoms with E-state index < -0.39 is 92.7 Å². The molecular formula is C92H109F12N15O16. The van der Waals surface area contributed by atoms with Crippen molar-refractivity contribution in [2.75, 3.05) is 83.4 Å². The molecule has 6 fully saturated rings. The molecule has 0 radical (unpaired) electrons. The number of oxime groups is 1. The zero-order valence-electron chi connectivity index (χ0n) is 75.5. The Morgan fingerprint density at radius 2 is 0.837 bits per heavy atom.